The Hall–Kier alpha value is -2.95. The number of hydrogen-bond donors (Lipinski definition) is 0. The Bertz CT molecular complexity index is 917. The molecular formula is C23H23NO4. The van der Waals surface area contributed by atoms with Gasteiger partial charge in [-0.25, -0.2) is 4.79 Å². The fraction of sp³-hybridized carbons (Fsp3) is 0.348. The van der Waals surface area contributed by atoms with Crippen molar-refractivity contribution in [1.29, 1.82) is 0 Å². The van der Waals surface area contributed by atoms with Crippen LogP contribution in [0.4, 0.5) is 5.69 Å². The van der Waals surface area contributed by atoms with Crippen LogP contribution in [-0.4, -0.2) is 17.8 Å². The molecule has 2 aliphatic rings. The molecule has 2 fully saturated rings. The summed E-state index contributed by atoms with van der Waals surface area (Å²) in [5, 5.41) is 0. The van der Waals surface area contributed by atoms with Gasteiger partial charge in [-0.05, 0) is 68.5 Å². The fourth-order valence-corrected chi connectivity index (χ4v) is 4.16. The monoisotopic (exact) mass is 377 g/mol. The van der Waals surface area contributed by atoms with E-state index in [2.05, 4.69) is 6.92 Å². The molecular weight excluding hydrogens is 354 g/mol. The molecule has 0 unspecified atom stereocenters. The molecule has 1 saturated carbocycles. The lowest BCUT2D eigenvalue weighted by atomic mass is 9.76. The predicted octanol–water partition coefficient (Wildman–Crippen LogP) is 4.14. The lowest BCUT2D eigenvalue weighted by Crippen LogP contribution is -2.30. The summed E-state index contributed by atoms with van der Waals surface area (Å²) in [5.74, 6) is -0.165. The average molecular weight is 377 g/mol. The van der Waals surface area contributed by atoms with E-state index < -0.39 is 5.97 Å². The molecule has 1 aliphatic carbocycles. The Balaban J connectivity index is 1.50. The minimum atomic E-state index is -0.475. The number of rotatable bonds is 3. The Morgan fingerprint density at radius 3 is 2.25 bits per heavy atom. The zero-order valence-corrected chi connectivity index (χ0v) is 16.1. The largest absolute Gasteiger partial charge is 0.423 e. The van der Waals surface area contributed by atoms with Crippen molar-refractivity contribution in [2.45, 2.75) is 33.1 Å². The van der Waals surface area contributed by atoms with Gasteiger partial charge in [-0.15, -0.1) is 0 Å². The Kier molecular flexibility index (Phi) is 4.75. The SMILES string of the molecule is Cc1ccc(OC(=O)c2ccc(N3C(=O)[C@H]4C[C@@H](C)CC[C@H]4C3=O)cc2)cc1. The summed E-state index contributed by atoms with van der Waals surface area (Å²) in [4.78, 5) is 39.2. The van der Waals surface area contributed by atoms with E-state index in [1.54, 1.807) is 36.4 Å². The van der Waals surface area contributed by atoms with Gasteiger partial charge in [0, 0.05) is 0 Å². The molecule has 0 spiro atoms. The van der Waals surface area contributed by atoms with E-state index in [4.69, 9.17) is 4.74 Å². The van der Waals surface area contributed by atoms with Crippen molar-refractivity contribution >= 4 is 23.5 Å². The summed E-state index contributed by atoms with van der Waals surface area (Å²) >= 11 is 0. The molecule has 0 bridgehead atoms. The van der Waals surface area contributed by atoms with Crippen molar-refractivity contribution in [1.82, 2.24) is 0 Å². The predicted molar refractivity (Wildman–Crippen MR) is 105 cm³/mol. The second-order valence-corrected chi connectivity index (χ2v) is 7.89. The van der Waals surface area contributed by atoms with Crippen LogP contribution in [0.3, 0.4) is 0 Å². The van der Waals surface area contributed by atoms with E-state index in [-0.39, 0.29) is 23.7 Å². The Morgan fingerprint density at radius 2 is 1.57 bits per heavy atom. The maximum Gasteiger partial charge on any atom is 0.343 e. The van der Waals surface area contributed by atoms with Gasteiger partial charge in [-0.2, -0.15) is 0 Å². The van der Waals surface area contributed by atoms with E-state index in [1.165, 1.54) is 4.90 Å². The van der Waals surface area contributed by atoms with Crippen LogP contribution >= 0.6 is 0 Å². The van der Waals surface area contributed by atoms with Gasteiger partial charge in [0.2, 0.25) is 11.8 Å². The number of carbonyl (C=O) groups is 3. The maximum absolute atomic E-state index is 12.8. The third-order valence-electron chi connectivity index (χ3n) is 5.78. The molecule has 0 radical (unpaired) electrons. The minimum absolute atomic E-state index is 0.114. The van der Waals surface area contributed by atoms with Crippen molar-refractivity contribution in [2.24, 2.45) is 17.8 Å². The summed E-state index contributed by atoms with van der Waals surface area (Å²) in [5.41, 5.74) is 1.97. The van der Waals surface area contributed by atoms with Gasteiger partial charge in [0.05, 0.1) is 23.1 Å². The topological polar surface area (TPSA) is 63.7 Å². The van der Waals surface area contributed by atoms with Gasteiger partial charge < -0.3 is 4.74 Å². The Morgan fingerprint density at radius 1 is 0.929 bits per heavy atom. The van der Waals surface area contributed by atoms with Crippen LogP contribution in [0.1, 0.15) is 42.1 Å². The quantitative estimate of drug-likeness (QED) is 0.458. The molecule has 3 atom stereocenters. The maximum atomic E-state index is 12.8. The lowest BCUT2D eigenvalue weighted by Gasteiger charge is -2.25. The van der Waals surface area contributed by atoms with E-state index in [1.807, 2.05) is 19.1 Å². The van der Waals surface area contributed by atoms with E-state index in [0.29, 0.717) is 22.9 Å². The number of carbonyl (C=O) groups excluding carboxylic acids is 3. The number of benzene rings is 2. The fourth-order valence-electron chi connectivity index (χ4n) is 4.16. The second kappa shape index (κ2) is 7.23. The van der Waals surface area contributed by atoms with Gasteiger partial charge in [0.25, 0.3) is 0 Å². The zero-order chi connectivity index (χ0) is 19.8. The number of esters is 1. The van der Waals surface area contributed by atoms with Crippen molar-refractivity contribution < 1.29 is 19.1 Å². The third-order valence-corrected chi connectivity index (χ3v) is 5.78. The molecule has 1 aliphatic heterocycles. The van der Waals surface area contributed by atoms with Crippen LogP contribution in [-0.2, 0) is 9.59 Å². The van der Waals surface area contributed by atoms with E-state index in [9.17, 15) is 14.4 Å². The van der Waals surface area contributed by atoms with Crippen LogP contribution in [0.25, 0.3) is 0 Å². The number of imide groups is 1. The number of fused-ring (bicyclic) bond motifs is 1. The second-order valence-electron chi connectivity index (χ2n) is 7.89. The van der Waals surface area contributed by atoms with Crippen molar-refractivity contribution in [2.75, 3.05) is 4.90 Å². The van der Waals surface area contributed by atoms with Crippen molar-refractivity contribution in [3.63, 3.8) is 0 Å². The molecule has 4 rings (SSSR count). The number of hydrogen-bond acceptors (Lipinski definition) is 4. The molecule has 28 heavy (non-hydrogen) atoms. The summed E-state index contributed by atoms with van der Waals surface area (Å²) in [6.07, 6.45) is 2.53. The number of amides is 2. The molecule has 2 aromatic carbocycles. The standard InChI is InChI=1S/C23H23NO4/c1-14-3-10-18(11-4-14)28-23(27)16-6-8-17(9-7-16)24-21(25)19-12-5-15(2)13-20(19)22(24)26/h3-4,6-11,15,19-20H,5,12-13H2,1-2H3/t15-,19+,20-/m0/s1. The van der Waals surface area contributed by atoms with Gasteiger partial charge in [0.15, 0.2) is 0 Å². The molecule has 1 saturated heterocycles. The first kappa shape index (κ1) is 18.4. The van der Waals surface area contributed by atoms with E-state index in [0.717, 1.165) is 24.8 Å². The summed E-state index contributed by atoms with van der Waals surface area (Å²) in [6.45, 7) is 4.09. The first-order valence-electron chi connectivity index (χ1n) is 9.71. The molecule has 5 heteroatoms. The van der Waals surface area contributed by atoms with Gasteiger partial charge >= 0.3 is 5.97 Å². The highest BCUT2D eigenvalue weighted by atomic mass is 16.5. The van der Waals surface area contributed by atoms with Gasteiger partial charge in [-0.3, -0.25) is 14.5 Å². The van der Waals surface area contributed by atoms with Crippen LogP contribution < -0.4 is 9.64 Å². The van der Waals surface area contributed by atoms with Crippen LogP contribution in [0.15, 0.2) is 48.5 Å². The molecule has 0 aromatic heterocycles. The number of aryl methyl sites for hydroxylation is 1. The minimum Gasteiger partial charge on any atom is -0.423 e. The van der Waals surface area contributed by atoms with Gasteiger partial charge in [0.1, 0.15) is 5.75 Å². The first-order valence-corrected chi connectivity index (χ1v) is 9.71. The molecule has 144 valence electrons. The normalized spacial score (nSPS) is 24.2. The molecule has 0 N–H and O–H groups in total. The van der Waals surface area contributed by atoms with Crippen molar-refractivity contribution in [3.8, 4) is 5.75 Å². The third kappa shape index (κ3) is 3.33. The number of ether oxygens (including phenoxy) is 1. The van der Waals surface area contributed by atoms with Crippen LogP contribution in [0.2, 0.25) is 0 Å². The zero-order valence-electron chi connectivity index (χ0n) is 16.1. The van der Waals surface area contributed by atoms with Crippen LogP contribution in [0.5, 0.6) is 5.75 Å². The summed E-state index contributed by atoms with van der Waals surface area (Å²) < 4.78 is 5.37. The molecule has 2 aromatic rings. The van der Waals surface area contributed by atoms with Crippen LogP contribution in [0, 0.1) is 24.7 Å². The number of anilines is 1. The Labute approximate surface area is 164 Å². The highest BCUT2D eigenvalue weighted by Crippen LogP contribution is 2.42. The van der Waals surface area contributed by atoms with Crippen molar-refractivity contribution in [3.05, 3.63) is 59.7 Å². The summed E-state index contributed by atoms with van der Waals surface area (Å²) in [7, 11) is 0. The highest BCUT2D eigenvalue weighted by molar-refractivity contribution is 6.22. The molecule has 1 heterocycles. The first-order chi connectivity index (χ1) is 13.4. The average Bonchev–Trinajstić information content (AvgIpc) is 2.93. The molecule has 2 amide bonds. The summed E-state index contributed by atoms with van der Waals surface area (Å²) in [6, 6.07) is 13.7. The lowest BCUT2D eigenvalue weighted by molar-refractivity contribution is -0.122. The van der Waals surface area contributed by atoms with E-state index >= 15 is 0 Å². The highest BCUT2D eigenvalue weighted by Gasteiger charge is 2.49. The van der Waals surface area contributed by atoms with Gasteiger partial charge in [-0.1, -0.05) is 24.6 Å². The smallest absolute Gasteiger partial charge is 0.343 e. The molecule has 5 nitrogen and oxygen atoms in total. The number of nitrogens with zero attached hydrogens (tertiary/aromatic N) is 1.